The molecule has 129 valence electrons. The molecule has 2 rings (SSSR count). The van der Waals surface area contributed by atoms with Crippen molar-refractivity contribution in [2.24, 2.45) is 0 Å². The molecule has 0 aliphatic heterocycles. The van der Waals surface area contributed by atoms with E-state index in [2.05, 4.69) is 13.8 Å². The third-order valence-corrected chi connectivity index (χ3v) is 5.48. The first kappa shape index (κ1) is 22.0. The Morgan fingerprint density at radius 3 is 2.28 bits per heavy atom. The summed E-state index contributed by atoms with van der Waals surface area (Å²) in [6.07, 6.45) is 3.48. The molecule has 0 heterocycles. The number of rotatable bonds is 8. The minimum absolute atomic E-state index is 0. The van der Waals surface area contributed by atoms with Crippen LogP contribution >= 0.6 is 8.58 Å². The smallest absolute Gasteiger partial charge is 0.186 e. The van der Waals surface area contributed by atoms with Crippen molar-refractivity contribution >= 4 is 38.3 Å². The number of carbonyl (C=O) groups excluding carboxylic acids is 1. The molecule has 1 radical (unpaired) electrons. The maximum atomic E-state index is 12.7. The molecule has 2 nitrogen and oxygen atoms in total. The van der Waals surface area contributed by atoms with E-state index in [1.807, 2.05) is 50.2 Å². The topological polar surface area (TPSA) is 26.3 Å². The van der Waals surface area contributed by atoms with E-state index in [1.54, 1.807) is 0 Å². The van der Waals surface area contributed by atoms with Crippen molar-refractivity contribution in [2.75, 3.05) is 6.61 Å². The molecule has 0 spiro atoms. The van der Waals surface area contributed by atoms with Crippen LogP contribution in [-0.2, 0) is 0 Å². The normalized spacial score (nSPS) is 10.7. The monoisotopic (exact) mass is 349 g/mol. The summed E-state index contributed by atoms with van der Waals surface area (Å²) in [5, 5.41) is 1.10. The van der Waals surface area contributed by atoms with E-state index >= 15 is 0 Å². The zero-order valence-electron chi connectivity index (χ0n) is 16.1. The molecule has 0 saturated carbocycles. The Bertz CT molecular complexity index is 693. The molecular weight excluding hydrogens is 322 g/mol. The molecule has 4 heteroatoms. The van der Waals surface area contributed by atoms with Crippen molar-refractivity contribution in [3.05, 3.63) is 58.7 Å². The van der Waals surface area contributed by atoms with Gasteiger partial charge in [0.2, 0.25) is 0 Å². The molecule has 0 N–H and O–H groups in total. The van der Waals surface area contributed by atoms with Crippen LogP contribution in [0.25, 0.3) is 0 Å². The second-order valence-corrected chi connectivity index (χ2v) is 7.50. The summed E-state index contributed by atoms with van der Waals surface area (Å²) in [6.45, 7) is 9.01. The van der Waals surface area contributed by atoms with Gasteiger partial charge in [0.25, 0.3) is 0 Å². The van der Waals surface area contributed by atoms with Gasteiger partial charge in [0.1, 0.15) is 5.75 Å². The molecule has 25 heavy (non-hydrogen) atoms. The summed E-state index contributed by atoms with van der Waals surface area (Å²) < 4.78 is 5.79. The van der Waals surface area contributed by atoms with Crippen LogP contribution in [0.15, 0.2) is 36.4 Å². The summed E-state index contributed by atoms with van der Waals surface area (Å²) >= 11 is 0. The fourth-order valence-corrected chi connectivity index (χ4v) is 3.97. The average molecular weight is 349 g/mol. The maximum Gasteiger partial charge on any atom is 0.186 e. The fraction of sp³-hybridized carbons (Fsp3) is 0.381. The van der Waals surface area contributed by atoms with Crippen LogP contribution in [0.4, 0.5) is 0 Å². The van der Waals surface area contributed by atoms with Crippen LogP contribution < -0.4 is 10.0 Å². The molecule has 0 fully saturated rings. The van der Waals surface area contributed by atoms with Crippen LogP contribution in [0, 0.1) is 20.8 Å². The molecular formula is C21H27LiO2P. The summed E-state index contributed by atoms with van der Waals surface area (Å²) in [7, 11) is 0.152. The van der Waals surface area contributed by atoms with Gasteiger partial charge in [-0.1, -0.05) is 44.0 Å². The van der Waals surface area contributed by atoms with Gasteiger partial charge >= 0.3 is 0 Å². The summed E-state index contributed by atoms with van der Waals surface area (Å²) in [5.41, 5.74) is 4.32. The van der Waals surface area contributed by atoms with E-state index in [9.17, 15) is 4.79 Å². The van der Waals surface area contributed by atoms with E-state index in [-0.39, 0.29) is 33.0 Å². The van der Waals surface area contributed by atoms with E-state index in [1.165, 1.54) is 12.8 Å². The second kappa shape index (κ2) is 10.8. The van der Waals surface area contributed by atoms with Crippen LogP contribution in [0.5, 0.6) is 5.75 Å². The zero-order chi connectivity index (χ0) is 17.5. The number of carbonyl (C=O) groups is 1. The minimum atomic E-state index is 0. The quantitative estimate of drug-likeness (QED) is 0.383. The van der Waals surface area contributed by atoms with Gasteiger partial charge in [0.15, 0.2) is 5.52 Å². The molecule has 0 amide bonds. The van der Waals surface area contributed by atoms with Gasteiger partial charge < -0.3 is 4.74 Å². The molecule has 2 aromatic rings. The third kappa shape index (κ3) is 6.30. The van der Waals surface area contributed by atoms with Gasteiger partial charge in [0, 0.05) is 24.4 Å². The number of hydrogen-bond donors (Lipinski definition) is 0. The van der Waals surface area contributed by atoms with Crippen molar-refractivity contribution < 1.29 is 9.53 Å². The first-order valence-corrected chi connectivity index (χ1v) is 9.64. The second-order valence-electron chi connectivity index (χ2n) is 6.25. The first-order valence-electron chi connectivity index (χ1n) is 8.64. The van der Waals surface area contributed by atoms with Crippen molar-refractivity contribution in [1.29, 1.82) is 0 Å². The van der Waals surface area contributed by atoms with Crippen LogP contribution in [0.1, 0.15) is 53.2 Å². The predicted octanol–water partition coefficient (Wildman–Crippen LogP) is 4.94. The summed E-state index contributed by atoms with van der Waals surface area (Å²) in [6, 6.07) is 12.1. The van der Waals surface area contributed by atoms with E-state index in [0.717, 1.165) is 46.3 Å². The Hall–Kier alpha value is -1.06. The van der Waals surface area contributed by atoms with Gasteiger partial charge in [0.05, 0.1) is 6.61 Å². The van der Waals surface area contributed by atoms with Crippen molar-refractivity contribution in [2.45, 2.75) is 47.0 Å². The number of ether oxygens (including phenoxy) is 1. The predicted molar refractivity (Wildman–Crippen MR) is 110 cm³/mol. The van der Waals surface area contributed by atoms with Crippen molar-refractivity contribution in [1.82, 2.24) is 0 Å². The number of benzene rings is 2. The van der Waals surface area contributed by atoms with Crippen molar-refractivity contribution in [3.63, 3.8) is 0 Å². The number of aryl methyl sites for hydroxylation is 3. The Balaban J connectivity index is 0.00000312. The van der Waals surface area contributed by atoms with E-state index < -0.39 is 0 Å². The largest absolute Gasteiger partial charge is 0.494 e. The van der Waals surface area contributed by atoms with Gasteiger partial charge in [-0.25, -0.2) is 0 Å². The molecule has 2 aromatic carbocycles. The van der Waals surface area contributed by atoms with Crippen LogP contribution in [0.2, 0.25) is 0 Å². The van der Waals surface area contributed by atoms with Gasteiger partial charge in [-0.2, -0.15) is 0 Å². The number of hydrogen-bond acceptors (Lipinski definition) is 2. The van der Waals surface area contributed by atoms with Gasteiger partial charge in [-0.3, -0.25) is 4.79 Å². The Labute approximate surface area is 165 Å². The van der Waals surface area contributed by atoms with Gasteiger partial charge in [-0.15, -0.1) is 0 Å². The average Bonchev–Trinajstić information content (AvgIpc) is 2.54. The first-order chi connectivity index (χ1) is 11.5. The van der Waals surface area contributed by atoms with Crippen LogP contribution in [0.3, 0.4) is 0 Å². The van der Waals surface area contributed by atoms with Crippen LogP contribution in [-0.4, -0.2) is 31.0 Å². The zero-order valence-corrected chi connectivity index (χ0v) is 17.1. The standard InChI is InChI=1S/C21H27O2P.Li/c1-5-6-7-13-23-18-11-12-19(17(4)14-18)24-21(22)20-15(2)9-8-10-16(20)3;/h8-12,14,24H,5-7,13H2,1-4H3;. The van der Waals surface area contributed by atoms with E-state index in [0.29, 0.717) is 0 Å². The molecule has 0 saturated heterocycles. The summed E-state index contributed by atoms with van der Waals surface area (Å²) in [5.74, 6) is 0.900. The molecule has 0 bridgehead atoms. The minimum Gasteiger partial charge on any atom is -0.494 e. The molecule has 1 atom stereocenters. The fourth-order valence-electron chi connectivity index (χ4n) is 2.77. The number of unbranched alkanes of at least 4 members (excludes halogenated alkanes) is 2. The molecule has 1 unspecified atom stereocenters. The maximum absolute atomic E-state index is 12.7. The van der Waals surface area contributed by atoms with Crippen molar-refractivity contribution in [3.8, 4) is 5.75 Å². The Morgan fingerprint density at radius 1 is 1.00 bits per heavy atom. The molecule has 0 aliphatic rings. The Kier molecular flexibility index (Phi) is 9.51. The Morgan fingerprint density at radius 2 is 1.68 bits per heavy atom. The summed E-state index contributed by atoms with van der Waals surface area (Å²) in [4.78, 5) is 12.7. The third-order valence-electron chi connectivity index (χ3n) is 4.17. The SMILES string of the molecule is CCCCCOc1ccc(PC(=O)c2c(C)cccc2C)c(C)c1.[Li]. The van der Waals surface area contributed by atoms with E-state index in [4.69, 9.17) is 4.74 Å². The van der Waals surface area contributed by atoms with Gasteiger partial charge in [-0.05, 0) is 69.9 Å². The molecule has 0 aromatic heterocycles. The molecule has 0 aliphatic carbocycles.